The van der Waals surface area contributed by atoms with Gasteiger partial charge in [-0.05, 0) is 29.8 Å². The standard InChI is InChI=1S/C22H21FN4O4/c1-30-11-10-26-21(28)19-20(24-14-25(19)13-15-6-5-7-16(23)12-15)27(22(26)29)17-8-3-4-9-18(17)31-2/h3-9,12,14H,10-11,13H2,1-2H3. The van der Waals surface area contributed by atoms with Crippen molar-refractivity contribution >= 4 is 11.2 Å². The van der Waals surface area contributed by atoms with Crippen molar-refractivity contribution in [3.05, 3.63) is 87.1 Å². The second-order valence-electron chi connectivity index (χ2n) is 6.91. The predicted octanol–water partition coefficient (Wildman–Crippen LogP) is 2.19. The molecule has 2 aromatic carbocycles. The monoisotopic (exact) mass is 424 g/mol. The van der Waals surface area contributed by atoms with E-state index in [-0.39, 0.29) is 36.7 Å². The average Bonchev–Trinajstić information content (AvgIpc) is 3.17. The minimum absolute atomic E-state index is 0.0738. The third-order valence-corrected chi connectivity index (χ3v) is 4.99. The van der Waals surface area contributed by atoms with Crippen LogP contribution >= 0.6 is 0 Å². The molecule has 0 aliphatic carbocycles. The van der Waals surface area contributed by atoms with Crippen LogP contribution in [0.15, 0.2) is 64.4 Å². The molecule has 0 saturated heterocycles. The Morgan fingerprint density at radius 3 is 2.61 bits per heavy atom. The number of imidazole rings is 1. The summed E-state index contributed by atoms with van der Waals surface area (Å²) in [6.07, 6.45) is 1.48. The number of aromatic nitrogens is 4. The first kappa shape index (κ1) is 20.5. The zero-order chi connectivity index (χ0) is 22.0. The van der Waals surface area contributed by atoms with Crippen molar-refractivity contribution in [3.63, 3.8) is 0 Å². The Hall–Kier alpha value is -3.72. The lowest BCUT2D eigenvalue weighted by atomic mass is 10.2. The molecular weight excluding hydrogens is 403 g/mol. The molecule has 2 heterocycles. The van der Waals surface area contributed by atoms with Gasteiger partial charge < -0.3 is 14.0 Å². The minimum Gasteiger partial charge on any atom is -0.495 e. The fraction of sp³-hybridized carbons (Fsp3) is 0.227. The highest BCUT2D eigenvalue weighted by Gasteiger charge is 2.21. The number of nitrogens with zero attached hydrogens (tertiary/aromatic N) is 4. The van der Waals surface area contributed by atoms with Crippen LogP contribution in [0, 0.1) is 5.82 Å². The molecule has 0 bridgehead atoms. The van der Waals surface area contributed by atoms with E-state index >= 15 is 0 Å². The smallest absolute Gasteiger partial charge is 0.337 e. The van der Waals surface area contributed by atoms with Gasteiger partial charge >= 0.3 is 5.69 Å². The topological polar surface area (TPSA) is 80.3 Å². The number of rotatable bonds is 7. The lowest BCUT2D eigenvalue weighted by molar-refractivity contribution is 0.184. The van der Waals surface area contributed by atoms with Crippen molar-refractivity contribution in [1.29, 1.82) is 0 Å². The normalized spacial score (nSPS) is 11.2. The zero-order valence-electron chi connectivity index (χ0n) is 17.1. The summed E-state index contributed by atoms with van der Waals surface area (Å²) in [4.78, 5) is 30.9. The van der Waals surface area contributed by atoms with E-state index in [1.807, 2.05) is 0 Å². The van der Waals surface area contributed by atoms with Gasteiger partial charge in [-0.1, -0.05) is 24.3 Å². The van der Waals surface area contributed by atoms with Gasteiger partial charge in [-0.2, -0.15) is 0 Å². The predicted molar refractivity (Wildman–Crippen MR) is 114 cm³/mol. The summed E-state index contributed by atoms with van der Waals surface area (Å²) >= 11 is 0. The van der Waals surface area contributed by atoms with Gasteiger partial charge in [0, 0.05) is 13.7 Å². The van der Waals surface area contributed by atoms with Crippen molar-refractivity contribution < 1.29 is 13.9 Å². The van der Waals surface area contributed by atoms with E-state index in [0.717, 1.165) is 4.57 Å². The molecule has 0 N–H and O–H groups in total. The Morgan fingerprint density at radius 2 is 1.87 bits per heavy atom. The number of halogens is 1. The quantitative estimate of drug-likeness (QED) is 0.454. The van der Waals surface area contributed by atoms with E-state index in [2.05, 4.69) is 4.98 Å². The second-order valence-corrected chi connectivity index (χ2v) is 6.91. The van der Waals surface area contributed by atoms with Crippen LogP contribution in [0.1, 0.15) is 5.56 Å². The van der Waals surface area contributed by atoms with E-state index in [9.17, 15) is 14.0 Å². The highest BCUT2D eigenvalue weighted by molar-refractivity contribution is 5.73. The van der Waals surface area contributed by atoms with E-state index in [1.54, 1.807) is 41.0 Å². The molecule has 0 aliphatic rings. The maximum Gasteiger partial charge on any atom is 0.337 e. The van der Waals surface area contributed by atoms with Crippen LogP contribution in [0.5, 0.6) is 5.75 Å². The first-order valence-corrected chi connectivity index (χ1v) is 9.62. The summed E-state index contributed by atoms with van der Waals surface area (Å²) in [7, 11) is 3.00. The van der Waals surface area contributed by atoms with Gasteiger partial charge in [0.05, 0.1) is 32.3 Å². The molecule has 0 aliphatic heterocycles. The summed E-state index contributed by atoms with van der Waals surface area (Å²) in [5, 5.41) is 0. The molecule has 0 atom stereocenters. The first-order valence-electron chi connectivity index (χ1n) is 9.62. The van der Waals surface area contributed by atoms with Crippen LogP contribution in [0.3, 0.4) is 0 Å². The SMILES string of the molecule is COCCn1c(=O)c2c(ncn2Cc2cccc(F)c2)n(-c2ccccc2OC)c1=O. The summed E-state index contributed by atoms with van der Waals surface area (Å²) in [5.74, 6) is 0.0906. The summed E-state index contributed by atoms with van der Waals surface area (Å²) < 4.78 is 28.2. The fourth-order valence-corrected chi connectivity index (χ4v) is 3.54. The lowest BCUT2D eigenvalue weighted by Crippen LogP contribution is -2.41. The van der Waals surface area contributed by atoms with Crippen molar-refractivity contribution in [2.45, 2.75) is 13.1 Å². The van der Waals surface area contributed by atoms with Gasteiger partial charge in [-0.3, -0.25) is 9.36 Å². The maximum atomic E-state index is 13.7. The molecule has 2 aromatic heterocycles. The highest BCUT2D eigenvalue weighted by atomic mass is 19.1. The van der Waals surface area contributed by atoms with Crippen LogP contribution < -0.4 is 16.0 Å². The number of methoxy groups -OCH3 is 2. The van der Waals surface area contributed by atoms with Gasteiger partial charge in [0.25, 0.3) is 5.56 Å². The Labute approximate surface area is 176 Å². The highest BCUT2D eigenvalue weighted by Crippen LogP contribution is 2.23. The number of fused-ring (bicyclic) bond motifs is 1. The number of hydrogen-bond acceptors (Lipinski definition) is 5. The Kier molecular flexibility index (Phi) is 5.68. The first-order chi connectivity index (χ1) is 15.0. The van der Waals surface area contributed by atoms with Gasteiger partial charge in [0.1, 0.15) is 11.6 Å². The van der Waals surface area contributed by atoms with Crippen molar-refractivity contribution in [1.82, 2.24) is 18.7 Å². The zero-order valence-corrected chi connectivity index (χ0v) is 17.1. The fourth-order valence-electron chi connectivity index (χ4n) is 3.54. The van der Waals surface area contributed by atoms with Crippen LogP contribution in [0.2, 0.25) is 0 Å². The summed E-state index contributed by atoms with van der Waals surface area (Å²) in [6, 6.07) is 13.1. The van der Waals surface area contributed by atoms with E-state index in [1.165, 1.54) is 37.2 Å². The summed E-state index contributed by atoms with van der Waals surface area (Å²) in [6.45, 7) is 0.479. The van der Waals surface area contributed by atoms with Crippen LogP contribution in [-0.2, 0) is 17.8 Å². The van der Waals surface area contributed by atoms with Gasteiger partial charge in [0.2, 0.25) is 0 Å². The molecule has 8 nitrogen and oxygen atoms in total. The van der Waals surface area contributed by atoms with Crippen molar-refractivity contribution in [3.8, 4) is 11.4 Å². The van der Waals surface area contributed by atoms with Crippen molar-refractivity contribution in [2.75, 3.05) is 20.8 Å². The van der Waals surface area contributed by atoms with Gasteiger partial charge in [0.15, 0.2) is 11.2 Å². The van der Waals surface area contributed by atoms with Crippen LogP contribution in [0.25, 0.3) is 16.9 Å². The summed E-state index contributed by atoms with van der Waals surface area (Å²) in [5.41, 5.74) is 0.516. The van der Waals surface area contributed by atoms with Gasteiger partial charge in [-0.25, -0.2) is 18.7 Å². The molecule has 0 spiro atoms. The second kappa shape index (κ2) is 8.57. The molecule has 0 saturated carbocycles. The molecule has 4 rings (SSSR count). The minimum atomic E-state index is -0.546. The van der Waals surface area contributed by atoms with Crippen LogP contribution in [-0.4, -0.2) is 39.5 Å². The number of para-hydroxylation sites is 2. The average molecular weight is 424 g/mol. The molecule has 0 unspecified atom stereocenters. The van der Waals surface area contributed by atoms with E-state index < -0.39 is 11.2 Å². The molecule has 9 heteroatoms. The maximum absolute atomic E-state index is 13.7. The molecule has 0 fully saturated rings. The third kappa shape index (κ3) is 3.75. The van der Waals surface area contributed by atoms with Crippen molar-refractivity contribution in [2.24, 2.45) is 0 Å². The third-order valence-electron chi connectivity index (χ3n) is 4.99. The molecule has 31 heavy (non-hydrogen) atoms. The van der Waals surface area contributed by atoms with Gasteiger partial charge in [-0.15, -0.1) is 0 Å². The Bertz CT molecular complexity index is 1360. The molecule has 0 amide bonds. The molecular formula is C22H21FN4O4. The van der Waals surface area contributed by atoms with E-state index in [4.69, 9.17) is 9.47 Å². The van der Waals surface area contributed by atoms with Crippen LogP contribution in [0.4, 0.5) is 4.39 Å². The largest absolute Gasteiger partial charge is 0.495 e. The number of ether oxygens (including phenoxy) is 2. The molecule has 0 radical (unpaired) electrons. The number of hydrogen-bond donors (Lipinski definition) is 0. The lowest BCUT2D eigenvalue weighted by Gasteiger charge is -2.14. The Balaban J connectivity index is 2.00. The molecule has 4 aromatic rings. The number of benzene rings is 2. The van der Waals surface area contributed by atoms with E-state index in [0.29, 0.717) is 17.0 Å². The molecule has 160 valence electrons. The Morgan fingerprint density at radius 1 is 1.06 bits per heavy atom.